The maximum Gasteiger partial charge on any atom is 0.303 e. The molecule has 0 bridgehead atoms. The molecule has 0 aliphatic heterocycles. The summed E-state index contributed by atoms with van der Waals surface area (Å²) in [6.45, 7) is 8.71. The minimum absolute atomic E-state index is 0.303. The molecule has 1 unspecified atom stereocenters. The van der Waals surface area contributed by atoms with E-state index in [0.29, 0.717) is 0 Å². The Morgan fingerprint density at radius 2 is 2.00 bits per heavy atom. The van der Waals surface area contributed by atoms with Gasteiger partial charge in [-0.05, 0) is 25.5 Å². The first-order chi connectivity index (χ1) is 5.97. The Morgan fingerprint density at radius 1 is 1.46 bits per heavy atom. The number of hydrogen-bond acceptors (Lipinski definition) is 3. The van der Waals surface area contributed by atoms with Gasteiger partial charge in [-0.3, -0.25) is 4.79 Å². The highest BCUT2D eigenvalue weighted by atomic mass is 16.5. The summed E-state index contributed by atoms with van der Waals surface area (Å²) in [5.74, 6) is 0.432. The number of hydrogen-bond donors (Lipinski definition) is 0. The van der Waals surface area contributed by atoms with Crippen LogP contribution in [0.25, 0.3) is 0 Å². The molecule has 1 atom stereocenters. The summed E-state index contributed by atoms with van der Waals surface area (Å²) >= 11 is 0. The molecule has 0 aromatic rings. The molecule has 0 saturated heterocycles. The Hall–Kier alpha value is -1.25. The second kappa shape index (κ2) is 5.41. The first kappa shape index (κ1) is 11.8. The van der Waals surface area contributed by atoms with E-state index in [1.54, 1.807) is 20.1 Å². The highest BCUT2D eigenvalue weighted by Gasteiger charge is 2.07. The topological polar surface area (TPSA) is 35.5 Å². The lowest BCUT2D eigenvalue weighted by Gasteiger charge is -2.12. The van der Waals surface area contributed by atoms with Crippen molar-refractivity contribution in [1.82, 2.24) is 0 Å². The predicted octanol–water partition coefficient (Wildman–Crippen LogP) is 2.04. The van der Waals surface area contributed by atoms with Crippen molar-refractivity contribution < 1.29 is 14.3 Å². The molecule has 0 radical (unpaired) electrons. The average molecular weight is 184 g/mol. The lowest BCUT2D eigenvalue weighted by Crippen LogP contribution is -2.13. The summed E-state index contributed by atoms with van der Waals surface area (Å²) < 4.78 is 9.85. The zero-order valence-corrected chi connectivity index (χ0v) is 8.59. The summed E-state index contributed by atoms with van der Waals surface area (Å²) in [6, 6.07) is 0. The minimum atomic E-state index is -0.308. The van der Waals surface area contributed by atoms with E-state index in [-0.39, 0.29) is 12.1 Å². The molecule has 0 heterocycles. The molecule has 0 aromatic carbocycles. The maximum absolute atomic E-state index is 10.6. The second-order valence-corrected chi connectivity index (χ2v) is 2.79. The molecule has 0 aliphatic rings. The van der Waals surface area contributed by atoms with Gasteiger partial charge in [-0.2, -0.15) is 0 Å². The van der Waals surface area contributed by atoms with Crippen molar-refractivity contribution in [2.75, 3.05) is 7.11 Å². The molecule has 74 valence electrons. The Morgan fingerprint density at radius 3 is 2.38 bits per heavy atom. The van der Waals surface area contributed by atoms with Gasteiger partial charge in [-0.1, -0.05) is 6.58 Å². The Kier molecular flexibility index (Phi) is 4.89. The number of allylic oxidation sites excluding steroid dienone is 1. The van der Waals surface area contributed by atoms with E-state index in [1.807, 2.05) is 6.92 Å². The van der Waals surface area contributed by atoms with Gasteiger partial charge in [0.15, 0.2) is 0 Å². The molecule has 0 saturated carbocycles. The maximum atomic E-state index is 10.6. The van der Waals surface area contributed by atoms with Gasteiger partial charge in [0.1, 0.15) is 6.10 Å². The third-order valence-corrected chi connectivity index (χ3v) is 1.58. The Labute approximate surface area is 79.0 Å². The fourth-order valence-electron chi connectivity index (χ4n) is 0.762. The minimum Gasteiger partial charge on any atom is -0.501 e. The first-order valence-corrected chi connectivity index (χ1v) is 4.05. The highest BCUT2D eigenvalue weighted by molar-refractivity contribution is 5.66. The van der Waals surface area contributed by atoms with Gasteiger partial charge in [0.2, 0.25) is 0 Å². The van der Waals surface area contributed by atoms with E-state index in [4.69, 9.17) is 9.47 Å². The van der Waals surface area contributed by atoms with E-state index >= 15 is 0 Å². The van der Waals surface area contributed by atoms with Gasteiger partial charge in [-0.15, -0.1) is 0 Å². The van der Waals surface area contributed by atoms with Crippen LogP contribution in [0.2, 0.25) is 0 Å². The van der Waals surface area contributed by atoms with Gasteiger partial charge in [0.05, 0.1) is 12.9 Å². The fraction of sp³-hybridized carbons (Fsp3) is 0.500. The van der Waals surface area contributed by atoms with Gasteiger partial charge < -0.3 is 9.47 Å². The van der Waals surface area contributed by atoms with Crippen molar-refractivity contribution in [3.63, 3.8) is 0 Å². The number of rotatable bonds is 4. The molecule has 0 amide bonds. The number of esters is 1. The lowest BCUT2D eigenvalue weighted by atomic mass is 10.2. The van der Waals surface area contributed by atoms with Crippen LogP contribution in [0, 0.1) is 0 Å². The van der Waals surface area contributed by atoms with E-state index in [9.17, 15) is 4.79 Å². The van der Waals surface area contributed by atoms with Crippen LogP contribution in [0.3, 0.4) is 0 Å². The van der Waals surface area contributed by atoms with Crippen molar-refractivity contribution in [2.24, 2.45) is 0 Å². The molecular weight excluding hydrogens is 168 g/mol. The third-order valence-electron chi connectivity index (χ3n) is 1.58. The summed E-state index contributed by atoms with van der Waals surface area (Å²) in [5.41, 5.74) is 0.717. The molecule has 0 rings (SSSR count). The molecule has 0 N–H and O–H groups in total. The smallest absolute Gasteiger partial charge is 0.303 e. The molecular formula is C10H16O3. The van der Waals surface area contributed by atoms with Crippen molar-refractivity contribution in [1.29, 1.82) is 0 Å². The number of methoxy groups -OCH3 is 1. The van der Waals surface area contributed by atoms with Crippen molar-refractivity contribution in [3.05, 3.63) is 24.0 Å². The van der Waals surface area contributed by atoms with Crippen LogP contribution < -0.4 is 0 Å². The third kappa shape index (κ3) is 5.06. The molecule has 3 nitrogen and oxygen atoms in total. The molecule has 0 aliphatic carbocycles. The quantitative estimate of drug-likeness (QED) is 0.381. The van der Waals surface area contributed by atoms with Gasteiger partial charge in [0, 0.05) is 6.92 Å². The molecule has 0 fully saturated rings. The normalized spacial score (nSPS) is 13.4. The summed E-state index contributed by atoms with van der Waals surface area (Å²) in [5, 5.41) is 0. The molecule has 13 heavy (non-hydrogen) atoms. The van der Waals surface area contributed by atoms with Crippen molar-refractivity contribution in [3.8, 4) is 0 Å². The number of carbonyl (C=O) groups is 1. The zero-order valence-electron chi connectivity index (χ0n) is 8.59. The molecule has 3 heteroatoms. The standard InChI is InChI=1S/C10H16O3/c1-7(6-8(2)12-5)9(3)13-10(4)11/h6,9H,1H2,2-5H3/b8-6+. The van der Waals surface area contributed by atoms with Crippen molar-refractivity contribution in [2.45, 2.75) is 26.9 Å². The highest BCUT2D eigenvalue weighted by Crippen LogP contribution is 2.08. The Balaban J connectivity index is 4.19. The Bertz CT molecular complexity index is 228. The molecule has 0 spiro atoms. The SMILES string of the molecule is C=C(/C=C(\C)OC)C(C)OC(C)=O. The largest absolute Gasteiger partial charge is 0.501 e. The summed E-state index contributed by atoms with van der Waals surface area (Å²) in [6.07, 6.45) is 1.44. The monoisotopic (exact) mass is 184 g/mol. The van der Waals surface area contributed by atoms with E-state index in [0.717, 1.165) is 11.3 Å². The zero-order chi connectivity index (χ0) is 10.4. The summed E-state index contributed by atoms with van der Waals surface area (Å²) in [4.78, 5) is 10.6. The van der Waals surface area contributed by atoms with Crippen LogP contribution in [-0.2, 0) is 14.3 Å². The van der Waals surface area contributed by atoms with E-state index < -0.39 is 0 Å². The van der Waals surface area contributed by atoms with Gasteiger partial charge in [0.25, 0.3) is 0 Å². The van der Waals surface area contributed by atoms with Crippen molar-refractivity contribution >= 4 is 5.97 Å². The predicted molar refractivity (Wildman–Crippen MR) is 51.1 cm³/mol. The van der Waals surface area contributed by atoms with Gasteiger partial charge in [-0.25, -0.2) is 0 Å². The average Bonchev–Trinajstić information content (AvgIpc) is 2.02. The van der Waals surface area contributed by atoms with Crippen LogP contribution >= 0.6 is 0 Å². The van der Waals surface area contributed by atoms with Crippen LogP contribution in [0.15, 0.2) is 24.0 Å². The first-order valence-electron chi connectivity index (χ1n) is 4.05. The van der Waals surface area contributed by atoms with Crippen LogP contribution in [0.4, 0.5) is 0 Å². The van der Waals surface area contributed by atoms with Crippen LogP contribution in [0.1, 0.15) is 20.8 Å². The fourth-order valence-corrected chi connectivity index (χ4v) is 0.762. The van der Waals surface area contributed by atoms with Gasteiger partial charge >= 0.3 is 5.97 Å². The molecule has 0 aromatic heterocycles. The summed E-state index contributed by atoms with van der Waals surface area (Å²) in [7, 11) is 1.58. The lowest BCUT2D eigenvalue weighted by molar-refractivity contribution is -0.143. The van der Waals surface area contributed by atoms with E-state index in [1.165, 1.54) is 6.92 Å². The van der Waals surface area contributed by atoms with E-state index in [2.05, 4.69) is 6.58 Å². The number of carbonyl (C=O) groups excluding carboxylic acids is 1. The van der Waals surface area contributed by atoms with Crippen LogP contribution in [0.5, 0.6) is 0 Å². The number of ether oxygens (including phenoxy) is 2. The second-order valence-electron chi connectivity index (χ2n) is 2.79. The van der Waals surface area contributed by atoms with Crippen LogP contribution in [-0.4, -0.2) is 19.2 Å².